The van der Waals surface area contributed by atoms with Crippen molar-refractivity contribution >= 4 is 30.1 Å². The Morgan fingerprint density at radius 1 is 1.38 bits per heavy atom. The van der Waals surface area contributed by atoms with Crippen LogP contribution >= 0.6 is 11.8 Å². The summed E-state index contributed by atoms with van der Waals surface area (Å²) in [6.45, 7) is 1.75. The molecule has 0 radical (unpaired) electrons. The summed E-state index contributed by atoms with van der Waals surface area (Å²) < 4.78 is 0. The number of nitrogens with one attached hydrogen (secondary N) is 1. The van der Waals surface area contributed by atoms with Crippen LogP contribution in [0.1, 0.15) is 19.8 Å². The normalized spacial score (nSPS) is 13.8. The molecule has 0 aromatic carbocycles. The van der Waals surface area contributed by atoms with E-state index in [2.05, 4.69) is 5.32 Å². The number of carbonyl (C=O) groups is 3. The van der Waals surface area contributed by atoms with Gasteiger partial charge in [0.25, 0.3) is 0 Å². The minimum absolute atomic E-state index is 0.211. The first kappa shape index (κ1) is 14.8. The van der Waals surface area contributed by atoms with Crippen molar-refractivity contribution in [2.45, 2.75) is 31.1 Å². The molecule has 92 valence electrons. The molecule has 16 heavy (non-hydrogen) atoms. The number of aliphatic carboxylic acids is 2. The molecule has 6 nitrogen and oxygen atoms in total. The molecule has 7 heteroatoms. The Balaban J connectivity index is 3.97. The maximum Gasteiger partial charge on any atom is 0.326 e. The fourth-order valence-corrected chi connectivity index (χ4v) is 2.09. The molecule has 0 aromatic heterocycles. The molecule has 0 rings (SSSR count). The van der Waals surface area contributed by atoms with Crippen molar-refractivity contribution in [3.63, 3.8) is 0 Å². The highest BCUT2D eigenvalue weighted by Gasteiger charge is 2.19. The summed E-state index contributed by atoms with van der Waals surface area (Å²) >= 11 is 1.18. The third kappa shape index (κ3) is 5.59. The summed E-state index contributed by atoms with van der Waals surface area (Å²) in [5.41, 5.74) is 0. The van der Waals surface area contributed by atoms with Gasteiger partial charge in [-0.2, -0.15) is 0 Å². The summed E-state index contributed by atoms with van der Waals surface area (Å²) in [4.78, 5) is 31.4. The predicted octanol–water partition coefficient (Wildman–Crippen LogP) is 0.172. The molecule has 0 saturated carbocycles. The Bertz CT molecular complexity index is 258. The van der Waals surface area contributed by atoms with E-state index in [4.69, 9.17) is 10.2 Å². The maximum absolute atomic E-state index is 10.7. The summed E-state index contributed by atoms with van der Waals surface area (Å²) in [5, 5.41) is 19.1. The molecule has 0 fully saturated rings. The van der Waals surface area contributed by atoms with Crippen LogP contribution in [0.4, 0.5) is 0 Å². The number of carboxylic acids is 2. The van der Waals surface area contributed by atoms with Gasteiger partial charge in [-0.25, -0.2) is 4.79 Å². The number of hydrogen-bond acceptors (Lipinski definition) is 4. The number of carboxylic acid groups (broad SMARTS) is 2. The van der Waals surface area contributed by atoms with Gasteiger partial charge in [0, 0.05) is 0 Å². The van der Waals surface area contributed by atoms with E-state index in [1.54, 1.807) is 6.92 Å². The van der Waals surface area contributed by atoms with Gasteiger partial charge in [0.05, 0.1) is 0 Å². The highest BCUT2D eigenvalue weighted by Crippen LogP contribution is 2.16. The molecule has 0 aliphatic carbocycles. The Labute approximate surface area is 97.4 Å². The van der Waals surface area contributed by atoms with Crippen molar-refractivity contribution in [3.05, 3.63) is 0 Å². The molecule has 0 heterocycles. The zero-order valence-corrected chi connectivity index (χ0v) is 9.70. The third-order valence-electron chi connectivity index (χ3n) is 1.94. The summed E-state index contributed by atoms with van der Waals surface area (Å²) in [6.07, 6.45) is 1.03. The molecule has 2 unspecified atom stereocenters. The summed E-state index contributed by atoms with van der Waals surface area (Å²) in [6, 6.07) is -0.948. The van der Waals surface area contributed by atoms with Gasteiger partial charge in [0.1, 0.15) is 11.3 Å². The average Bonchev–Trinajstić information content (AvgIpc) is 2.21. The molecule has 0 bridgehead atoms. The van der Waals surface area contributed by atoms with Gasteiger partial charge < -0.3 is 15.5 Å². The van der Waals surface area contributed by atoms with Gasteiger partial charge >= 0.3 is 11.9 Å². The first-order valence-electron chi connectivity index (χ1n) is 4.79. The van der Waals surface area contributed by atoms with Crippen molar-refractivity contribution in [1.29, 1.82) is 0 Å². The average molecular weight is 249 g/mol. The monoisotopic (exact) mass is 249 g/mol. The number of hydrogen-bond donors (Lipinski definition) is 3. The third-order valence-corrected chi connectivity index (χ3v) is 3.35. The lowest BCUT2D eigenvalue weighted by Gasteiger charge is -2.13. The molecule has 0 spiro atoms. The SMILES string of the molecule is CCC(SCCC(NC=O)C(=O)O)C(=O)O. The molecule has 3 N–H and O–H groups in total. The lowest BCUT2D eigenvalue weighted by atomic mass is 10.2. The number of amides is 1. The Morgan fingerprint density at radius 3 is 2.38 bits per heavy atom. The van der Waals surface area contributed by atoms with E-state index >= 15 is 0 Å². The van der Waals surface area contributed by atoms with Crippen LogP contribution in [0.25, 0.3) is 0 Å². The van der Waals surface area contributed by atoms with Gasteiger partial charge in [-0.1, -0.05) is 6.92 Å². The number of thioether (sulfide) groups is 1. The lowest BCUT2D eigenvalue weighted by Crippen LogP contribution is -2.36. The van der Waals surface area contributed by atoms with Crippen molar-refractivity contribution in [2.75, 3.05) is 5.75 Å². The second kappa shape index (κ2) is 7.98. The largest absolute Gasteiger partial charge is 0.480 e. The predicted molar refractivity (Wildman–Crippen MR) is 59.4 cm³/mol. The fourth-order valence-electron chi connectivity index (χ4n) is 1.05. The van der Waals surface area contributed by atoms with Crippen LogP contribution in [0, 0.1) is 0 Å². The molecule has 0 aliphatic rings. The van der Waals surface area contributed by atoms with Gasteiger partial charge in [0.2, 0.25) is 6.41 Å². The van der Waals surface area contributed by atoms with Crippen LogP contribution in [0.3, 0.4) is 0 Å². The van der Waals surface area contributed by atoms with Crippen molar-refractivity contribution in [3.8, 4) is 0 Å². The molecular formula is C9H15NO5S. The summed E-state index contributed by atoms with van der Waals surface area (Å²) in [7, 11) is 0. The van der Waals surface area contributed by atoms with Crippen LogP contribution < -0.4 is 5.32 Å². The van der Waals surface area contributed by atoms with E-state index in [9.17, 15) is 14.4 Å². The van der Waals surface area contributed by atoms with E-state index < -0.39 is 23.2 Å². The summed E-state index contributed by atoms with van der Waals surface area (Å²) in [5.74, 6) is -1.64. The van der Waals surface area contributed by atoms with Gasteiger partial charge in [-0.05, 0) is 18.6 Å². The second-order valence-electron chi connectivity index (χ2n) is 3.07. The minimum atomic E-state index is -1.11. The van der Waals surface area contributed by atoms with Gasteiger partial charge in [0.15, 0.2) is 0 Å². The zero-order valence-electron chi connectivity index (χ0n) is 8.88. The first-order valence-corrected chi connectivity index (χ1v) is 5.84. The van der Waals surface area contributed by atoms with Crippen LogP contribution in [0.5, 0.6) is 0 Å². The lowest BCUT2D eigenvalue weighted by molar-refractivity contribution is -0.140. The Kier molecular flexibility index (Phi) is 7.36. The van der Waals surface area contributed by atoms with Crippen LogP contribution in [-0.4, -0.2) is 45.6 Å². The number of rotatable bonds is 9. The van der Waals surface area contributed by atoms with Crippen LogP contribution in [0.2, 0.25) is 0 Å². The molecule has 0 saturated heterocycles. The smallest absolute Gasteiger partial charge is 0.326 e. The quantitative estimate of drug-likeness (QED) is 0.503. The highest BCUT2D eigenvalue weighted by atomic mass is 32.2. The van der Waals surface area contributed by atoms with Gasteiger partial charge in [-0.15, -0.1) is 11.8 Å². The molecule has 2 atom stereocenters. The molecule has 1 amide bonds. The van der Waals surface area contributed by atoms with E-state index in [1.165, 1.54) is 11.8 Å². The van der Waals surface area contributed by atoms with E-state index in [0.29, 0.717) is 18.6 Å². The first-order chi connectivity index (χ1) is 7.52. The molecular weight excluding hydrogens is 234 g/mol. The highest BCUT2D eigenvalue weighted by molar-refractivity contribution is 8.00. The van der Waals surface area contributed by atoms with Crippen LogP contribution in [-0.2, 0) is 14.4 Å². The maximum atomic E-state index is 10.7. The van der Waals surface area contributed by atoms with Crippen molar-refractivity contribution in [2.24, 2.45) is 0 Å². The van der Waals surface area contributed by atoms with E-state index in [1.807, 2.05) is 0 Å². The van der Waals surface area contributed by atoms with E-state index in [0.717, 1.165) is 0 Å². The minimum Gasteiger partial charge on any atom is -0.480 e. The fraction of sp³-hybridized carbons (Fsp3) is 0.667. The topological polar surface area (TPSA) is 104 Å². The van der Waals surface area contributed by atoms with Crippen molar-refractivity contribution in [1.82, 2.24) is 5.32 Å². The van der Waals surface area contributed by atoms with Crippen LogP contribution in [0.15, 0.2) is 0 Å². The number of carbonyl (C=O) groups excluding carboxylic acids is 1. The van der Waals surface area contributed by atoms with Crippen molar-refractivity contribution < 1.29 is 24.6 Å². The molecule has 0 aromatic rings. The Hall–Kier alpha value is -1.24. The Morgan fingerprint density at radius 2 is 2.00 bits per heavy atom. The standard InChI is InChI=1S/C9H15NO5S/c1-2-7(9(14)15)16-4-3-6(8(12)13)10-5-11/h5-7H,2-4H2,1H3,(H,10,11)(H,12,13)(H,14,15). The van der Waals surface area contributed by atoms with Gasteiger partial charge in [-0.3, -0.25) is 9.59 Å². The second-order valence-corrected chi connectivity index (χ2v) is 4.38. The molecule has 0 aliphatic heterocycles. The zero-order chi connectivity index (χ0) is 12.6. The van der Waals surface area contributed by atoms with E-state index in [-0.39, 0.29) is 6.42 Å².